The number of nitrogens with zero attached hydrogens (tertiary/aromatic N) is 6. The average Bonchev–Trinajstić information content (AvgIpc) is 3.51. The van der Waals surface area contributed by atoms with Gasteiger partial charge in [0, 0.05) is 26.2 Å². The van der Waals surface area contributed by atoms with Crippen LogP contribution in [-0.2, 0) is 16.1 Å². The van der Waals surface area contributed by atoms with Crippen LogP contribution in [0.3, 0.4) is 0 Å². The SMILES string of the molecule is O=C(CSc1nnc2n(CC(=O)N3CCCC3)c3ccccc3n12)N1CCCCC1. The van der Waals surface area contributed by atoms with Crippen molar-refractivity contribution in [3.8, 4) is 0 Å². The highest BCUT2D eigenvalue weighted by Crippen LogP contribution is 2.26. The largest absolute Gasteiger partial charge is 0.342 e. The van der Waals surface area contributed by atoms with Crippen LogP contribution in [0.25, 0.3) is 16.8 Å². The van der Waals surface area contributed by atoms with Gasteiger partial charge in [0.15, 0.2) is 5.16 Å². The van der Waals surface area contributed by atoms with E-state index < -0.39 is 0 Å². The van der Waals surface area contributed by atoms with Crippen molar-refractivity contribution in [3.63, 3.8) is 0 Å². The molecule has 4 heterocycles. The minimum absolute atomic E-state index is 0.119. The van der Waals surface area contributed by atoms with Gasteiger partial charge in [-0.15, -0.1) is 10.2 Å². The summed E-state index contributed by atoms with van der Waals surface area (Å²) in [5, 5.41) is 9.43. The normalized spacial score (nSPS) is 17.3. The molecule has 0 bridgehead atoms. The second kappa shape index (κ2) is 8.29. The quantitative estimate of drug-likeness (QED) is 0.586. The van der Waals surface area contributed by atoms with Gasteiger partial charge in [0.1, 0.15) is 6.54 Å². The molecule has 2 fully saturated rings. The maximum Gasteiger partial charge on any atom is 0.242 e. The Balaban J connectivity index is 1.42. The van der Waals surface area contributed by atoms with Crippen LogP contribution in [0.4, 0.5) is 0 Å². The number of piperidine rings is 1. The molecular formula is C21H26N6O2S. The van der Waals surface area contributed by atoms with Crippen LogP contribution in [0.1, 0.15) is 32.1 Å². The molecule has 2 aromatic heterocycles. The minimum atomic E-state index is 0.119. The molecule has 0 aliphatic carbocycles. The van der Waals surface area contributed by atoms with Crippen LogP contribution in [0.15, 0.2) is 29.4 Å². The lowest BCUT2D eigenvalue weighted by atomic mass is 10.1. The Morgan fingerprint density at radius 1 is 0.833 bits per heavy atom. The van der Waals surface area contributed by atoms with Crippen LogP contribution in [0.2, 0.25) is 0 Å². The van der Waals surface area contributed by atoms with Crippen molar-refractivity contribution in [2.75, 3.05) is 31.9 Å². The summed E-state index contributed by atoms with van der Waals surface area (Å²) < 4.78 is 3.92. The zero-order valence-electron chi connectivity index (χ0n) is 17.0. The Morgan fingerprint density at radius 2 is 1.47 bits per heavy atom. The molecule has 2 saturated heterocycles. The van der Waals surface area contributed by atoms with E-state index in [0.29, 0.717) is 16.7 Å². The fourth-order valence-corrected chi connectivity index (χ4v) is 5.29. The summed E-state index contributed by atoms with van der Waals surface area (Å²) >= 11 is 1.42. The molecule has 0 spiro atoms. The molecule has 0 N–H and O–H groups in total. The minimum Gasteiger partial charge on any atom is -0.342 e. The molecule has 0 saturated carbocycles. The number of rotatable bonds is 5. The third-order valence-corrected chi connectivity index (χ3v) is 6.97. The van der Waals surface area contributed by atoms with Crippen LogP contribution in [0, 0.1) is 0 Å². The van der Waals surface area contributed by atoms with Crippen molar-refractivity contribution in [2.24, 2.45) is 0 Å². The summed E-state index contributed by atoms with van der Waals surface area (Å²) in [6, 6.07) is 7.97. The van der Waals surface area contributed by atoms with Crippen molar-refractivity contribution >= 4 is 40.4 Å². The van der Waals surface area contributed by atoms with E-state index in [1.165, 1.54) is 18.2 Å². The van der Waals surface area contributed by atoms with E-state index in [4.69, 9.17) is 0 Å². The Morgan fingerprint density at radius 3 is 2.20 bits per heavy atom. The second-order valence-corrected chi connectivity index (χ2v) is 8.95. The van der Waals surface area contributed by atoms with Crippen molar-refractivity contribution in [2.45, 2.75) is 43.8 Å². The maximum atomic E-state index is 12.8. The summed E-state index contributed by atoms with van der Waals surface area (Å²) in [5.74, 6) is 1.28. The number of para-hydroxylation sites is 2. The number of hydrogen-bond donors (Lipinski definition) is 0. The van der Waals surface area contributed by atoms with Gasteiger partial charge < -0.3 is 9.80 Å². The fourth-order valence-electron chi connectivity index (χ4n) is 4.45. The molecular weight excluding hydrogens is 400 g/mol. The molecule has 0 unspecified atom stereocenters. The number of hydrogen-bond acceptors (Lipinski definition) is 5. The lowest BCUT2D eigenvalue weighted by Crippen LogP contribution is -2.36. The number of benzene rings is 1. The topological polar surface area (TPSA) is 75.7 Å². The molecule has 2 aliphatic heterocycles. The third kappa shape index (κ3) is 3.55. The maximum absolute atomic E-state index is 12.8. The smallest absolute Gasteiger partial charge is 0.242 e. The molecule has 0 radical (unpaired) electrons. The number of imidazole rings is 1. The van der Waals surface area contributed by atoms with E-state index in [9.17, 15) is 9.59 Å². The highest BCUT2D eigenvalue weighted by Gasteiger charge is 2.24. The molecule has 5 rings (SSSR count). The first-order valence-corrected chi connectivity index (χ1v) is 11.7. The highest BCUT2D eigenvalue weighted by atomic mass is 32.2. The number of amides is 2. The summed E-state index contributed by atoms with van der Waals surface area (Å²) in [5.41, 5.74) is 1.92. The zero-order valence-corrected chi connectivity index (χ0v) is 17.8. The van der Waals surface area contributed by atoms with Gasteiger partial charge in [-0.25, -0.2) is 0 Å². The summed E-state index contributed by atoms with van der Waals surface area (Å²) in [4.78, 5) is 29.2. The van der Waals surface area contributed by atoms with Gasteiger partial charge in [0.05, 0.1) is 16.8 Å². The van der Waals surface area contributed by atoms with Gasteiger partial charge in [-0.1, -0.05) is 23.9 Å². The van der Waals surface area contributed by atoms with E-state index in [1.807, 2.05) is 43.0 Å². The van der Waals surface area contributed by atoms with Crippen LogP contribution >= 0.6 is 11.8 Å². The van der Waals surface area contributed by atoms with Gasteiger partial charge in [-0.2, -0.15) is 0 Å². The van der Waals surface area contributed by atoms with E-state index >= 15 is 0 Å². The Bertz CT molecular complexity index is 1080. The monoisotopic (exact) mass is 426 g/mol. The van der Waals surface area contributed by atoms with Gasteiger partial charge in [0.25, 0.3) is 0 Å². The molecule has 158 valence electrons. The number of thioether (sulfide) groups is 1. The first-order valence-electron chi connectivity index (χ1n) is 10.7. The number of aromatic nitrogens is 4. The van der Waals surface area contributed by atoms with Crippen molar-refractivity contribution in [1.29, 1.82) is 0 Å². The standard InChI is InChI=1S/C21H26N6O2S/c28-18(24-12-6-7-13-24)14-26-16-8-2-3-9-17(16)27-20(26)22-23-21(27)30-15-19(29)25-10-4-1-5-11-25/h2-3,8-9H,1,4-7,10-15H2. The van der Waals surface area contributed by atoms with Crippen molar-refractivity contribution in [3.05, 3.63) is 24.3 Å². The van der Waals surface area contributed by atoms with Gasteiger partial charge in [-0.3, -0.25) is 18.6 Å². The summed E-state index contributed by atoms with van der Waals surface area (Å²) in [7, 11) is 0. The number of carbonyl (C=O) groups is 2. The predicted molar refractivity (Wildman–Crippen MR) is 115 cm³/mol. The molecule has 9 heteroatoms. The van der Waals surface area contributed by atoms with Gasteiger partial charge in [-0.05, 0) is 44.2 Å². The number of fused-ring (bicyclic) bond motifs is 3. The predicted octanol–water partition coefficient (Wildman–Crippen LogP) is 2.41. The molecule has 1 aromatic carbocycles. The number of likely N-dealkylation sites (tertiary alicyclic amines) is 2. The van der Waals surface area contributed by atoms with Gasteiger partial charge >= 0.3 is 0 Å². The van der Waals surface area contributed by atoms with E-state index in [1.54, 1.807) is 0 Å². The molecule has 3 aromatic rings. The molecule has 30 heavy (non-hydrogen) atoms. The lowest BCUT2D eigenvalue weighted by molar-refractivity contribution is -0.131. The summed E-state index contributed by atoms with van der Waals surface area (Å²) in [6.45, 7) is 3.63. The first-order chi connectivity index (χ1) is 14.7. The molecule has 8 nitrogen and oxygen atoms in total. The highest BCUT2D eigenvalue weighted by molar-refractivity contribution is 7.99. The Labute approximate surface area is 179 Å². The first kappa shape index (κ1) is 19.4. The molecule has 2 amide bonds. The Kier molecular flexibility index (Phi) is 5.37. The van der Waals surface area contributed by atoms with E-state index in [2.05, 4.69) is 10.2 Å². The van der Waals surface area contributed by atoms with Crippen LogP contribution in [-0.4, -0.2) is 72.7 Å². The number of carbonyl (C=O) groups excluding carboxylic acids is 2. The molecule has 0 atom stereocenters. The second-order valence-electron chi connectivity index (χ2n) is 8.01. The zero-order chi connectivity index (χ0) is 20.5. The van der Waals surface area contributed by atoms with Crippen molar-refractivity contribution < 1.29 is 9.59 Å². The van der Waals surface area contributed by atoms with E-state index in [0.717, 1.165) is 62.9 Å². The molecule has 2 aliphatic rings. The Hall–Kier alpha value is -2.55. The lowest BCUT2D eigenvalue weighted by Gasteiger charge is -2.26. The van der Waals surface area contributed by atoms with Gasteiger partial charge in [0.2, 0.25) is 17.6 Å². The van der Waals surface area contributed by atoms with Crippen LogP contribution in [0.5, 0.6) is 0 Å². The average molecular weight is 427 g/mol. The fraction of sp³-hybridized carbons (Fsp3) is 0.524. The van der Waals surface area contributed by atoms with E-state index in [-0.39, 0.29) is 18.4 Å². The third-order valence-electron chi connectivity index (χ3n) is 6.06. The van der Waals surface area contributed by atoms with Crippen molar-refractivity contribution in [1.82, 2.24) is 29.0 Å². The van der Waals surface area contributed by atoms with Crippen LogP contribution < -0.4 is 0 Å². The summed E-state index contributed by atoms with van der Waals surface area (Å²) in [6.07, 6.45) is 5.53.